The maximum atomic E-state index is 9.03. The Bertz CT molecular complexity index is 635. The third-order valence-electron chi connectivity index (χ3n) is 2.66. The molecule has 0 atom stereocenters. The van der Waals surface area contributed by atoms with E-state index in [1.165, 1.54) is 0 Å². The molecule has 0 saturated carbocycles. The van der Waals surface area contributed by atoms with Crippen LogP contribution in [0.2, 0.25) is 0 Å². The quantitative estimate of drug-likeness (QED) is 0.775. The van der Waals surface area contributed by atoms with E-state index in [0.29, 0.717) is 24.5 Å². The zero-order chi connectivity index (χ0) is 14.4. The van der Waals surface area contributed by atoms with Gasteiger partial charge in [0.2, 0.25) is 0 Å². The van der Waals surface area contributed by atoms with Gasteiger partial charge in [-0.3, -0.25) is 0 Å². The summed E-state index contributed by atoms with van der Waals surface area (Å²) >= 11 is 3.32. The molecule has 0 spiro atoms. The van der Waals surface area contributed by atoms with E-state index in [-0.39, 0.29) is 0 Å². The molecule has 0 N–H and O–H groups in total. The maximum absolute atomic E-state index is 9.03. The summed E-state index contributed by atoms with van der Waals surface area (Å²) in [7, 11) is 0. The van der Waals surface area contributed by atoms with Crippen molar-refractivity contribution < 1.29 is 9.47 Å². The van der Waals surface area contributed by atoms with Crippen LogP contribution >= 0.6 is 15.9 Å². The van der Waals surface area contributed by atoms with E-state index >= 15 is 0 Å². The van der Waals surface area contributed by atoms with Gasteiger partial charge in [0.15, 0.2) is 0 Å². The fourth-order valence-corrected chi connectivity index (χ4v) is 2.09. The van der Waals surface area contributed by atoms with Crippen molar-refractivity contribution in [3.05, 3.63) is 58.1 Å². The van der Waals surface area contributed by atoms with Crippen LogP contribution in [0.25, 0.3) is 0 Å². The predicted octanol–water partition coefficient (Wildman–Crippen LogP) is 4.09. The summed E-state index contributed by atoms with van der Waals surface area (Å²) in [4.78, 5) is 0. The van der Waals surface area contributed by atoms with Gasteiger partial charge in [0.25, 0.3) is 0 Å². The lowest BCUT2D eigenvalue weighted by Crippen LogP contribution is -2.09. The molecule has 0 saturated heterocycles. The van der Waals surface area contributed by atoms with Gasteiger partial charge in [-0.2, -0.15) is 5.26 Å². The van der Waals surface area contributed by atoms with Crippen LogP contribution in [-0.2, 0) is 0 Å². The second-order valence-corrected chi connectivity index (χ2v) is 5.18. The first-order chi connectivity index (χ1) is 9.69. The number of hydrogen-bond acceptors (Lipinski definition) is 3. The fourth-order valence-electron chi connectivity index (χ4n) is 1.73. The molecule has 0 fully saturated rings. The maximum Gasteiger partial charge on any atom is 0.137 e. The Hall–Kier alpha value is -1.99. The molecule has 0 aromatic heterocycles. The van der Waals surface area contributed by atoms with E-state index in [1.807, 2.05) is 37.3 Å². The monoisotopic (exact) mass is 331 g/mol. The first kappa shape index (κ1) is 14.4. The molecule has 0 unspecified atom stereocenters. The van der Waals surface area contributed by atoms with E-state index in [4.69, 9.17) is 14.7 Å². The summed E-state index contributed by atoms with van der Waals surface area (Å²) in [5, 5.41) is 9.03. The number of benzene rings is 2. The van der Waals surface area contributed by atoms with Crippen LogP contribution in [0.3, 0.4) is 0 Å². The van der Waals surface area contributed by atoms with E-state index in [0.717, 1.165) is 15.8 Å². The Morgan fingerprint density at radius 3 is 2.65 bits per heavy atom. The highest BCUT2D eigenvalue weighted by molar-refractivity contribution is 9.10. The first-order valence-electron chi connectivity index (χ1n) is 6.21. The third-order valence-corrected chi connectivity index (χ3v) is 3.15. The molecular formula is C16H14BrNO2. The first-order valence-corrected chi connectivity index (χ1v) is 7.00. The number of halogens is 1. The standard InChI is InChI=1S/C16H14BrNO2/c1-12-3-2-4-15(9-12)19-7-8-20-16-6-5-14(17)10-13(16)11-18/h2-6,9-10H,7-8H2,1H3. The number of nitrogens with zero attached hydrogens (tertiary/aromatic N) is 1. The van der Waals surface area contributed by atoms with Gasteiger partial charge in [-0.25, -0.2) is 0 Å². The lowest BCUT2D eigenvalue weighted by molar-refractivity contribution is 0.216. The van der Waals surface area contributed by atoms with Gasteiger partial charge in [-0.15, -0.1) is 0 Å². The molecule has 4 heteroatoms. The normalized spacial score (nSPS) is 9.85. The summed E-state index contributed by atoms with van der Waals surface area (Å²) in [5.74, 6) is 1.40. The van der Waals surface area contributed by atoms with Gasteiger partial charge in [0.1, 0.15) is 30.8 Å². The van der Waals surface area contributed by atoms with E-state index in [1.54, 1.807) is 12.1 Å². The molecular weight excluding hydrogens is 318 g/mol. The Kier molecular flexibility index (Phi) is 5.03. The molecule has 2 rings (SSSR count). The van der Waals surface area contributed by atoms with Crippen molar-refractivity contribution in [1.29, 1.82) is 5.26 Å². The Labute approximate surface area is 126 Å². The molecule has 0 amide bonds. The van der Waals surface area contributed by atoms with Crippen molar-refractivity contribution in [1.82, 2.24) is 0 Å². The van der Waals surface area contributed by atoms with Crippen molar-refractivity contribution in [2.45, 2.75) is 6.92 Å². The van der Waals surface area contributed by atoms with Crippen molar-refractivity contribution in [2.24, 2.45) is 0 Å². The number of aryl methyl sites for hydroxylation is 1. The van der Waals surface area contributed by atoms with Gasteiger partial charge in [0, 0.05) is 4.47 Å². The van der Waals surface area contributed by atoms with Crippen molar-refractivity contribution in [3.63, 3.8) is 0 Å². The summed E-state index contributed by atoms with van der Waals surface area (Å²) in [6, 6.07) is 15.3. The van der Waals surface area contributed by atoms with Crippen LogP contribution < -0.4 is 9.47 Å². The molecule has 2 aromatic rings. The highest BCUT2D eigenvalue weighted by Crippen LogP contribution is 2.22. The van der Waals surface area contributed by atoms with Gasteiger partial charge in [-0.1, -0.05) is 28.1 Å². The average molecular weight is 332 g/mol. The SMILES string of the molecule is Cc1cccc(OCCOc2ccc(Br)cc2C#N)c1. The van der Waals surface area contributed by atoms with Gasteiger partial charge < -0.3 is 9.47 Å². The minimum absolute atomic E-state index is 0.393. The van der Waals surface area contributed by atoms with Gasteiger partial charge >= 0.3 is 0 Å². The summed E-state index contributed by atoms with van der Waals surface area (Å²) < 4.78 is 12.0. The lowest BCUT2D eigenvalue weighted by atomic mass is 10.2. The highest BCUT2D eigenvalue weighted by atomic mass is 79.9. The van der Waals surface area contributed by atoms with Crippen LogP contribution in [0.4, 0.5) is 0 Å². The Morgan fingerprint density at radius 2 is 1.90 bits per heavy atom. The molecule has 0 aliphatic carbocycles. The third kappa shape index (κ3) is 4.01. The average Bonchev–Trinajstić information content (AvgIpc) is 2.45. The Morgan fingerprint density at radius 1 is 1.10 bits per heavy atom. The molecule has 0 aliphatic heterocycles. The van der Waals surface area contributed by atoms with Crippen molar-refractivity contribution >= 4 is 15.9 Å². The van der Waals surface area contributed by atoms with Crippen LogP contribution in [0.1, 0.15) is 11.1 Å². The zero-order valence-corrected chi connectivity index (χ0v) is 12.7. The van der Waals surface area contributed by atoms with Gasteiger partial charge in [0.05, 0.1) is 5.56 Å². The zero-order valence-electron chi connectivity index (χ0n) is 11.1. The molecule has 2 aromatic carbocycles. The molecule has 0 heterocycles. The van der Waals surface area contributed by atoms with Crippen LogP contribution in [0.15, 0.2) is 46.9 Å². The summed E-state index contributed by atoms with van der Waals surface area (Å²) in [5.41, 5.74) is 1.66. The van der Waals surface area contributed by atoms with Crippen molar-refractivity contribution in [2.75, 3.05) is 13.2 Å². The van der Waals surface area contributed by atoms with Crippen molar-refractivity contribution in [3.8, 4) is 17.6 Å². The number of rotatable bonds is 5. The number of nitriles is 1. The minimum atomic E-state index is 0.393. The molecule has 20 heavy (non-hydrogen) atoms. The fraction of sp³-hybridized carbons (Fsp3) is 0.188. The van der Waals surface area contributed by atoms with E-state index < -0.39 is 0 Å². The molecule has 0 aliphatic rings. The Balaban J connectivity index is 1.86. The van der Waals surface area contributed by atoms with Crippen LogP contribution in [-0.4, -0.2) is 13.2 Å². The number of ether oxygens (including phenoxy) is 2. The molecule has 3 nitrogen and oxygen atoms in total. The van der Waals surface area contributed by atoms with Crippen LogP contribution in [0.5, 0.6) is 11.5 Å². The minimum Gasteiger partial charge on any atom is -0.490 e. The highest BCUT2D eigenvalue weighted by Gasteiger charge is 2.04. The van der Waals surface area contributed by atoms with Gasteiger partial charge in [-0.05, 0) is 42.8 Å². The second kappa shape index (κ2) is 6.97. The lowest BCUT2D eigenvalue weighted by Gasteiger charge is -2.10. The molecule has 0 bridgehead atoms. The molecule has 102 valence electrons. The van der Waals surface area contributed by atoms with E-state index in [2.05, 4.69) is 22.0 Å². The predicted molar refractivity (Wildman–Crippen MR) is 81.0 cm³/mol. The van der Waals surface area contributed by atoms with Crippen LogP contribution in [0, 0.1) is 18.3 Å². The summed E-state index contributed by atoms with van der Waals surface area (Å²) in [6.45, 7) is 2.85. The second-order valence-electron chi connectivity index (χ2n) is 4.27. The summed E-state index contributed by atoms with van der Waals surface area (Å²) in [6.07, 6.45) is 0. The topological polar surface area (TPSA) is 42.2 Å². The largest absolute Gasteiger partial charge is 0.490 e. The molecule has 0 radical (unpaired) electrons. The smallest absolute Gasteiger partial charge is 0.137 e. The van der Waals surface area contributed by atoms with E-state index in [9.17, 15) is 0 Å². The number of hydrogen-bond donors (Lipinski definition) is 0.